The normalized spacial score (nSPS) is 10.7. The Morgan fingerprint density at radius 3 is 2.41 bits per heavy atom. The number of amides is 2. The second-order valence-corrected chi connectivity index (χ2v) is 10.1. The number of hydrogen-bond donors (Lipinski definition) is 2. The molecule has 4 aromatic rings. The lowest BCUT2D eigenvalue weighted by Crippen LogP contribution is -2.14. The van der Waals surface area contributed by atoms with Crippen LogP contribution in [0.1, 0.15) is 10.4 Å². The molecule has 0 radical (unpaired) electrons. The maximum Gasteiger partial charge on any atom is 0.257 e. The Kier molecular flexibility index (Phi) is 8.13. The predicted molar refractivity (Wildman–Crippen MR) is 143 cm³/mol. The molecule has 0 unspecified atom stereocenters. The number of nitrogens with zero attached hydrogens (tertiary/aromatic N) is 1. The van der Waals surface area contributed by atoms with Crippen molar-refractivity contribution in [2.75, 3.05) is 16.4 Å². The fourth-order valence-corrected chi connectivity index (χ4v) is 5.09. The van der Waals surface area contributed by atoms with Crippen LogP contribution in [0.4, 0.5) is 10.8 Å². The van der Waals surface area contributed by atoms with Gasteiger partial charge in [-0.05, 0) is 48.5 Å². The highest BCUT2D eigenvalue weighted by molar-refractivity contribution is 8.00. The molecule has 172 valence electrons. The SMILES string of the molecule is O=C(CSc1ccc(NC(=O)c2ccc(Cl)cc2Cl)cc1)Nc1nc(-c2ccccc2Cl)cs1. The van der Waals surface area contributed by atoms with Crippen molar-refractivity contribution in [1.82, 2.24) is 4.98 Å². The molecule has 0 bridgehead atoms. The number of benzene rings is 3. The smallest absolute Gasteiger partial charge is 0.257 e. The quantitative estimate of drug-likeness (QED) is 0.232. The topological polar surface area (TPSA) is 71.1 Å². The van der Waals surface area contributed by atoms with Crippen molar-refractivity contribution in [3.63, 3.8) is 0 Å². The molecule has 1 aromatic heterocycles. The molecule has 0 saturated heterocycles. The van der Waals surface area contributed by atoms with Crippen molar-refractivity contribution in [3.05, 3.63) is 92.7 Å². The molecule has 0 aliphatic carbocycles. The molecule has 4 rings (SSSR count). The van der Waals surface area contributed by atoms with Gasteiger partial charge in [-0.15, -0.1) is 23.1 Å². The largest absolute Gasteiger partial charge is 0.322 e. The summed E-state index contributed by atoms with van der Waals surface area (Å²) in [4.78, 5) is 30.1. The maximum absolute atomic E-state index is 12.4. The van der Waals surface area contributed by atoms with Crippen molar-refractivity contribution >= 4 is 80.5 Å². The zero-order valence-corrected chi connectivity index (χ0v) is 21.3. The van der Waals surface area contributed by atoms with Crippen LogP contribution in [0.25, 0.3) is 11.3 Å². The molecule has 2 N–H and O–H groups in total. The summed E-state index contributed by atoms with van der Waals surface area (Å²) < 4.78 is 0. The molecule has 0 aliphatic heterocycles. The van der Waals surface area contributed by atoms with Crippen molar-refractivity contribution in [2.45, 2.75) is 4.90 Å². The van der Waals surface area contributed by atoms with E-state index in [1.54, 1.807) is 30.3 Å². The number of anilines is 2. The van der Waals surface area contributed by atoms with Crippen molar-refractivity contribution in [2.24, 2.45) is 0 Å². The lowest BCUT2D eigenvalue weighted by molar-refractivity contribution is -0.113. The Labute approximate surface area is 219 Å². The summed E-state index contributed by atoms with van der Waals surface area (Å²) in [6.45, 7) is 0. The van der Waals surface area contributed by atoms with Crippen molar-refractivity contribution in [3.8, 4) is 11.3 Å². The lowest BCUT2D eigenvalue weighted by Gasteiger charge is -2.08. The van der Waals surface area contributed by atoms with E-state index in [2.05, 4.69) is 15.6 Å². The minimum atomic E-state index is -0.332. The molecule has 0 saturated carbocycles. The second kappa shape index (κ2) is 11.3. The summed E-state index contributed by atoms with van der Waals surface area (Å²) in [5, 5.41) is 9.32. The highest BCUT2D eigenvalue weighted by Gasteiger charge is 2.12. The number of nitrogens with one attached hydrogen (secondary N) is 2. The minimum absolute atomic E-state index is 0.167. The second-order valence-electron chi connectivity index (χ2n) is 6.96. The van der Waals surface area contributed by atoms with Crippen LogP contribution < -0.4 is 10.6 Å². The molecule has 34 heavy (non-hydrogen) atoms. The summed E-state index contributed by atoms with van der Waals surface area (Å²) in [6, 6.07) is 19.3. The molecule has 3 aromatic carbocycles. The molecule has 0 aliphatic rings. The number of carbonyl (C=O) groups is 2. The van der Waals surface area contributed by atoms with Crippen LogP contribution in [0, 0.1) is 0 Å². The van der Waals surface area contributed by atoms with Gasteiger partial charge >= 0.3 is 0 Å². The van der Waals surface area contributed by atoms with Gasteiger partial charge in [0.1, 0.15) is 0 Å². The Hall–Kier alpha value is -2.55. The number of thiazole rings is 1. The first kappa shape index (κ1) is 24.6. The van der Waals surface area contributed by atoms with E-state index in [1.807, 2.05) is 35.7 Å². The van der Waals surface area contributed by atoms with Crippen LogP contribution in [-0.4, -0.2) is 22.6 Å². The molecule has 5 nitrogen and oxygen atoms in total. The summed E-state index contributed by atoms with van der Waals surface area (Å²) in [7, 11) is 0. The van der Waals surface area contributed by atoms with Gasteiger partial charge in [-0.2, -0.15) is 0 Å². The Bertz CT molecular complexity index is 1340. The highest BCUT2D eigenvalue weighted by atomic mass is 35.5. The molecule has 0 spiro atoms. The summed E-state index contributed by atoms with van der Waals surface area (Å²) in [6.07, 6.45) is 0. The zero-order valence-electron chi connectivity index (χ0n) is 17.3. The van der Waals surface area contributed by atoms with Crippen LogP contribution in [0.3, 0.4) is 0 Å². The summed E-state index contributed by atoms with van der Waals surface area (Å²) >= 11 is 20.9. The molecule has 1 heterocycles. The number of thioether (sulfide) groups is 1. The van der Waals surface area contributed by atoms with Crippen molar-refractivity contribution in [1.29, 1.82) is 0 Å². The Balaban J connectivity index is 1.29. The molecular weight excluding hydrogens is 533 g/mol. The van der Waals surface area contributed by atoms with Crippen molar-refractivity contribution < 1.29 is 9.59 Å². The van der Waals surface area contributed by atoms with Crippen LogP contribution in [0.5, 0.6) is 0 Å². The number of aromatic nitrogens is 1. The third-order valence-electron chi connectivity index (χ3n) is 4.56. The zero-order chi connectivity index (χ0) is 24.1. The van der Waals surface area contributed by atoms with Gasteiger partial charge in [0.15, 0.2) is 5.13 Å². The molecular formula is C24H16Cl3N3O2S2. The van der Waals surface area contributed by atoms with Crippen LogP contribution in [0.2, 0.25) is 15.1 Å². The highest BCUT2D eigenvalue weighted by Crippen LogP contribution is 2.30. The van der Waals surface area contributed by atoms with Crippen LogP contribution >= 0.6 is 57.9 Å². The number of halogens is 3. The molecule has 0 fully saturated rings. The Morgan fingerprint density at radius 1 is 0.912 bits per heavy atom. The van der Waals surface area contributed by atoms with Crippen LogP contribution in [-0.2, 0) is 4.79 Å². The average Bonchev–Trinajstić information content (AvgIpc) is 3.27. The summed E-state index contributed by atoms with van der Waals surface area (Å²) in [5.41, 5.74) is 2.48. The molecule has 0 atom stereocenters. The van der Waals surface area contributed by atoms with Gasteiger partial charge in [0, 0.05) is 31.6 Å². The third kappa shape index (κ3) is 6.31. The van der Waals surface area contributed by atoms with Gasteiger partial charge < -0.3 is 10.6 Å². The number of carbonyl (C=O) groups excluding carboxylic acids is 2. The fourth-order valence-electron chi connectivity index (χ4n) is 2.93. The van der Waals surface area contributed by atoms with Gasteiger partial charge in [0.05, 0.1) is 22.0 Å². The van der Waals surface area contributed by atoms with Crippen LogP contribution in [0.15, 0.2) is 77.0 Å². The Morgan fingerprint density at radius 2 is 1.68 bits per heavy atom. The first-order valence-corrected chi connectivity index (χ1v) is 12.9. The van der Waals surface area contributed by atoms with Gasteiger partial charge in [-0.25, -0.2) is 4.98 Å². The van der Waals surface area contributed by atoms with E-state index in [-0.39, 0.29) is 22.6 Å². The maximum atomic E-state index is 12.4. The van der Waals surface area contributed by atoms with E-state index in [1.165, 1.54) is 29.2 Å². The third-order valence-corrected chi connectivity index (χ3v) is 7.21. The van der Waals surface area contributed by atoms with E-state index in [0.717, 1.165) is 16.2 Å². The van der Waals surface area contributed by atoms with E-state index in [4.69, 9.17) is 34.8 Å². The number of rotatable bonds is 7. The minimum Gasteiger partial charge on any atom is -0.322 e. The first-order chi connectivity index (χ1) is 16.4. The van der Waals surface area contributed by atoms with Gasteiger partial charge in [0.2, 0.25) is 5.91 Å². The van der Waals surface area contributed by atoms with Gasteiger partial charge in [0.25, 0.3) is 5.91 Å². The van der Waals surface area contributed by atoms with Gasteiger partial charge in [-0.1, -0.05) is 53.0 Å². The number of hydrogen-bond acceptors (Lipinski definition) is 5. The van der Waals surface area contributed by atoms with E-state index in [0.29, 0.717) is 26.4 Å². The van der Waals surface area contributed by atoms with E-state index >= 15 is 0 Å². The predicted octanol–water partition coefficient (Wildman–Crippen LogP) is 7.75. The van der Waals surface area contributed by atoms with E-state index in [9.17, 15) is 9.59 Å². The van der Waals surface area contributed by atoms with E-state index < -0.39 is 0 Å². The monoisotopic (exact) mass is 547 g/mol. The lowest BCUT2D eigenvalue weighted by atomic mass is 10.2. The van der Waals surface area contributed by atoms with Gasteiger partial charge in [-0.3, -0.25) is 9.59 Å². The first-order valence-electron chi connectivity index (χ1n) is 9.88. The fraction of sp³-hybridized carbons (Fsp3) is 0.0417. The average molecular weight is 549 g/mol. The molecule has 2 amide bonds. The molecule has 10 heteroatoms. The standard InChI is InChI=1S/C24H16Cl3N3O2S2/c25-14-5-10-18(20(27)11-14)23(32)28-15-6-8-16(9-7-15)33-13-22(31)30-24-29-21(12-34-24)17-3-1-2-4-19(17)26/h1-12H,13H2,(H,28,32)(H,29,30,31). The summed E-state index contributed by atoms with van der Waals surface area (Å²) in [5.74, 6) is -0.284.